The Morgan fingerprint density at radius 3 is 1.35 bits per heavy atom. The van der Waals surface area contributed by atoms with E-state index >= 15 is 0 Å². The Morgan fingerprint density at radius 1 is 0.368 bits per heavy atom. The number of aromatic nitrogens is 4. The Morgan fingerprint density at radius 2 is 0.807 bits per heavy atom. The minimum Gasteiger partial charge on any atom is -0.456 e. The van der Waals surface area contributed by atoms with Gasteiger partial charge in [-0.1, -0.05) is 98.3 Å². The summed E-state index contributed by atoms with van der Waals surface area (Å²) in [4.78, 5) is 16.6. The van der Waals surface area contributed by atoms with Crippen molar-refractivity contribution in [3.8, 4) is 39.9 Å². The summed E-state index contributed by atoms with van der Waals surface area (Å²) in [5.41, 5.74) is 24.7. The lowest BCUT2D eigenvalue weighted by Crippen LogP contribution is -2.55. The molecule has 3 heterocycles. The summed E-state index contributed by atoms with van der Waals surface area (Å²) in [7, 11) is 29.2. The molecular formula is C39H37B13N4O. The van der Waals surface area contributed by atoms with E-state index in [0.717, 1.165) is 55.2 Å². The molecule has 0 N–H and O–H groups in total. The van der Waals surface area contributed by atoms with Gasteiger partial charge in [-0.15, -0.1) is 27.3 Å². The first-order valence-corrected chi connectivity index (χ1v) is 20.1. The van der Waals surface area contributed by atoms with Crippen molar-refractivity contribution in [3.63, 3.8) is 0 Å². The molecule has 0 unspecified atom stereocenters. The van der Waals surface area contributed by atoms with E-state index in [9.17, 15) is 0 Å². The SMILES string of the molecule is Bc1c(B)c(B)c(-c2nc(-c3cccc4oc5cccc(-c6ccccc6)c5c34)nc(-n3c4c(B)c(B)c(B)c(B)c4c4c(B)c(B)c(B)c(B)c43)n2)c(B)c1B. The zero-order chi connectivity index (χ0) is 40.3. The average molecular weight is 718 g/mol. The summed E-state index contributed by atoms with van der Waals surface area (Å²) in [6.07, 6.45) is 0. The molecule has 0 spiro atoms. The molecule has 0 bridgehead atoms. The van der Waals surface area contributed by atoms with E-state index in [1.807, 2.05) is 0 Å². The first-order chi connectivity index (χ1) is 27.2. The van der Waals surface area contributed by atoms with E-state index in [1.165, 1.54) is 81.8 Å². The topological polar surface area (TPSA) is 56.7 Å². The Hall–Kier alpha value is -5.23. The molecule has 0 radical (unpaired) electrons. The average Bonchev–Trinajstić information content (AvgIpc) is 3.79. The van der Waals surface area contributed by atoms with Gasteiger partial charge in [0.05, 0.1) is 0 Å². The lowest BCUT2D eigenvalue weighted by molar-refractivity contribution is 0.669. The number of rotatable bonds is 4. The summed E-state index contributed by atoms with van der Waals surface area (Å²) < 4.78 is 8.99. The number of hydrogen-bond acceptors (Lipinski definition) is 4. The summed E-state index contributed by atoms with van der Waals surface area (Å²) >= 11 is 0. The Labute approximate surface area is 345 Å². The first kappa shape index (κ1) is 37.4. The van der Waals surface area contributed by atoms with Crippen LogP contribution < -0.4 is 71.0 Å². The first-order valence-electron chi connectivity index (χ1n) is 20.1. The highest BCUT2D eigenvalue weighted by atomic mass is 16.3. The van der Waals surface area contributed by atoms with Crippen molar-refractivity contribution in [1.29, 1.82) is 0 Å². The normalized spacial score (nSPS) is 11.7. The molecule has 5 nitrogen and oxygen atoms in total. The number of benzene rings is 6. The van der Waals surface area contributed by atoms with Gasteiger partial charge in [0, 0.05) is 32.9 Å². The molecule has 18 heteroatoms. The van der Waals surface area contributed by atoms with Crippen LogP contribution in [0.3, 0.4) is 0 Å². The summed E-state index contributed by atoms with van der Waals surface area (Å²) in [6, 6.07) is 23.1. The van der Waals surface area contributed by atoms with Crippen LogP contribution in [0.1, 0.15) is 0 Å². The van der Waals surface area contributed by atoms with Crippen LogP contribution in [0.5, 0.6) is 0 Å². The van der Waals surface area contributed by atoms with Gasteiger partial charge in [-0.2, -0.15) is 9.97 Å². The molecule has 0 atom stereocenters. The van der Waals surface area contributed by atoms with Gasteiger partial charge in [-0.3, -0.25) is 4.57 Å². The van der Waals surface area contributed by atoms with Crippen LogP contribution in [-0.4, -0.2) is 122 Å². The third-order valence-corrected chi connectivity index (χ3v) is 13.9. The van der Waals surface area contributed by atoms with Crippen LogP contribution in [0.4, 0.5) is 0 Å². The minimum atomic E-state index is 0.618. The molecule has 0 saturated heterocycles. The highest BCUT2D eigenvalue weighted by Gasteiger charge is 2.27. The van der Waals surface area contributed by atoms with Gasteiger partial charge in [-0.05, 0) is 34.0 Å². The minimum absolute atomic E-state index is 0.618. The molecule has 0 aliphatic rings. The summed E-state index contributed by atoms with van der Waals surface area (Å²) in [5, 5.41) is 4.61. The molecule has 258 valence electrons. The molecule has 0 fully saturated rings. The van der Waals surface area contributed by atoms with Crippen molar-refractivity contribution in [2.75, 3.05) is 0 Å². The van der Waals surface area contributed by atoms with Crippen molar-refractivity contribution in [3.05, 3.63) is 66.7 Å². The predicted molar refractivity (Wildman–Crippen MR) is 284 cm³/mol. The monoisotopic (exact) mass is 720 g/mol. The van der Waals surface area contributed by atoms with Gasteiger partial charge in [0.15, 0.2) is 11.6 Å². The van der Waals surface area contributed by atoms with Crippen LogP contribution in [-0.2, 0) is 0 Å². The van der Waals surface area contributed by atoms with Gasteiger partial charge in [0.2, 0.25) is 5.95 Å². The van der Waals surface area contributed by atoms with Crippen LogP contribution in [0.15, 0.2) is 71.1 Å². The maximum atomic E-state index is 6.62. The highest BCUT2D eigenvalue weighted by Crippen LogP contribution is 2.41. The molecule has 0 aliphatic carbocycles. The number of furan rings is 1. The number of nitrogens with zero attached hydrogens (tertiary/aromatic N) is 4. The molecule has 57 heavy (non-hydrogen) atoms. The highest BCUT2D eigenvalue weighted by molar-refractivity contribution is 6.72. The van der Waals surface area contributed by atoms with E-state index in [4.69, 9.17) is 19.4 Å². The fourth-order valence-corrected chi connectivity index (χ4v) is 9.51. The smallest absolute Gasteiger partial charge is 0.238 e. The van der Waals surface area contributed by atoms with E-state index in [2.05, 4.69) is 173 Å². The van der Waals surface area contributed by atoms with Gasteiger partial charge >= 0.3 is 0 Å². The van der Waals surface area contributed by atoms with Crippen molar-refractivity contribution in [1.82, 2.24) is 19.5 Å². The fraction of sp³-hybridized carbons (Fsp3) is 0. The molecule has 9 aromatic rings. The Kier molecular flexibility index (Phi) is 8.80. The van der Waals surface area contributed by atoms with Gasteiger partial charge in [-0.25, -0.2) is 4.98 Å². The van der Waals surface area contributed by atoms with Crippen molar-refractivity contribution in [2.45, 2.75) is 0 Å². The van der Waals surface area contributed by atoms with Crippen LogP contribution >= 0.6 is 0 Å². The summed E-state index contributed by atoms with van der Waals surface area (Å²) in [6.45, 7) is 0. The third kappa shape index (κ3) is 5.31. The molecule has 3 aromatic heterocycles. The molecule has 6 aromatic carbocycles. The van der Waals surface area contributed by atoms with Crippen LogP contribution in [0.2, 0.25) is 0 Å². The second kappa shape index (κ2) is 13.4. The lowest BCUT2D eigenvalue weighted by atomic mass is 9.60. The van der Waals surface area contributed by atoms with Gasteiger partial charge in [0.25, 0.3) is 0 Å². The molecule has 9 rings (SSSR count). The van der Waals surface area contributed by atoms with E-state index < -0.39 is 0 Å². The third-order valence-electron chi connectivity index (χ3n) is 13.9. The maximum Gasteiger partial charge on any atom is 0.238 e. The second-order valence-electron chi connectivity index (χ2n) is 16.4. The van der Waals surface area contributed by atoms with Crippen molar-refractivity contribution >= 4 is 217 Å². The van der Waals surface area contributed by atoms with E-state index in [1.54, 1.807) is 0 Å². The van der Waals surface area contributed by atoms with Gasteiger partial charge < -0.3 is 4.42 Å². The Bertz CT molecular complexity index is 3130. The lowest BCUT2D eigenvalue weighted by Gasteiger charge is -2.21. The molecule has 0 aliphatic heterocycles. The molecule has 0 amide bonds. The standard InChI is InChI=1S/C39H37B13N4O/c40-22-19-20-23(41)27(45)32(50)34(52)36(20)56(35(19)33(51)31(49)26(22)44)39-54-37(53-38(55-39)21-24(42)28(46)30(48)29(47)25(21)43)14-9-5-11-16-18(14)17-13(8-4-10-15(17)57-16)12-6-2-1-3-7-12/h1-11H,40-52H2. The van der Waals surface area contributed by atoms with Crippen LogP contribution in [0, 0.1) is 0 Å². The van der Waals surface area contributed by atoms with Crippen molar-refractivity contribution in [2.24, 2.45) is 0 Å². The second-order valence-corrected chi connectivity index (χ2v) is 16.4. The quantitative estimate of drug-likeness (QED) is 0.170. The molecule has 0 saturated carbocycles. The predicted octanol–water partition coefficient (Wildman–Crippen LogP) is -12.8. The Balaban J connectivity index is 1.49. The van der Waals surface area contributed by atoms with E-state index in [0.29, 0.717) is 17.6 Å². The largest absolute Gasteiger partial charge is 0.456 e. The van der Waals surface area contributed by atoms with E-state index in [-0.39, 0.29) is 0 Å². The maximum absolute atomic E-state index is 6.62. The number of hydrogen-bond donors (Lipinski definition) is 0. The molecular weight excluding hydrogens is 681 g/mol. The zero-order valence-corrected chi connectivity index (χ0v) is 35.5. The summed E-state index contributed by atoms with van der Waals surface area (Å²) in [5.74, 6) is 1.91. The van der Waals surface area contributed by atoms with Crippen LogP contribution in [0.25, 0.3) is 83.6 Å². The van der Waals surface area contributed by atoms with Gasteiger partial charge in [0.1, 0.15) is 113 Å². The zero-order valence-electron chi connectivity index (χ0n) is 35.5. The van der Waals surface area contributed by atoms with Crippen molar-refractivity contribution < 1.29 is 4.42 Å². The fourth-order valence-electron chi connectivity index (χ4n) is 9.51. The number of fused-ring (bicyclic) bond motifs is 6.